The molecule has 0 aliphatic carbocycles. The van der Waals surface area contributed by atoms with Gasteiger partial charge in [0.15, 0.2) is 0 Å². The van der Waals surface area contributed by atoms with E-state index < -0.39 is 11.7 Å². The predicted octanol–water partition coefficient (Wildman–Crippen LogP) is 0.820. The first-order chi connectivity index (χ1) is 10.1. The third-order valence-corrected chi connectivity index (χ3v) is 3.04. The van der Waals surface area contributed by atoms with Crippen molar-refractivity contribution in [3.05, 3.63) is 47.9 Å². The van der Waals surface area contributed by atoms with Crippen molar-refractivity contribution in [1.82, 2.24) is 16.3 Å². The van der Waals surface area contributed by atoms with E-state index in [4.69, 9.17) is 0 Å². The van der Waals surface area contributed by atoms with E-state index in [1.807, 2.05) is 0 Å². The molecule has 110 valence electrons. The molecule has 21 heavy (non-hydrogen) atoms. The maximum atomic E-state index is 13.3. The number of nitrogens with zero attached hydrogens (tertiary/aromatic N) is 1. The van der Waals surface area contributed by atoms with Gasteiger partial charge in [-0.1, -0.05) is 24.8 Å². The van der Waals surface area contributed by atoms with E-state index in [0.717, 1.165) is 0 Å². The molecule has 0 radical (unpaired) electrons. The third-order valence-electron chi connectivity index (χ3n) is 3.04. The Kier molecular flexibility index (Phi) is 4.65. The Balaban J connectivity index is 1.79. The zero-order valence-corrected chi connectivity index (χ0v) is 11.2. The molecule has 1 aromatic rings. The van der Waals surface area contributed by atoms with Crippen LogP contribution in [0.2, 0.25) is 0 Å². The van der Waals surface area contributed by atoms with Crippen molar-refractivity contribution in [2.24, 2.45) is 11.0 Å². The van der Waals surface area contributed by atoms with E-state index in [-0.39, 0.29) is 23.8 Å². The van der Waals surface area contributed by atoms with E-state index in [1.54, 1.807) is 18.2 Å². The number of carbonyl (C=O) groups excluding carboxylic acids is 2. The summed E-state index contributed by atoms with van der Waals surface area (Å²) in [5.41, 5.74) is 8.16. The smallest absolute Gasteiger partial charge is 0.247 e. The molecular weight excluding hydrogens is 275 g/mol. The minimum atomic E-state index is -0.425. The van der Waals surface area contributed by atoms with Crippen molar-refractivity contribution in [1.29, 1.82) is 0 Å². The average molecular weight is 290 g/mol. The predicted molar refractivity (Wildman–Crippen MR) is 75.3 cm³/mol. The highest BCUT2D eigenvalue weighted by Crippen LogP contribution is 2.17. The second kappa shape index (κ2) is 6.65. The molecule has 1 aromatic carbocycles. The van der Waals surface area contributed by atoms with E-state index in [2.05, 4.69) is 28.0 Å². The Hall–Kier alpha value is -2.70. The number of nitrogens with one attached hydrogen (secondary N) is 3. The number of hydrazone groups is 1. The van der Waals surface area contributed by atoms with Crippen molar-refractivity contribution in [3.63, 3.8) is 0 Å². The molecule has 1 saturated heterocycles. The SMILES string of the molecule is C=C1NNC(=O)C1CCC(=O)NN=Cc1ccccc1F. The molecule has 6 nitrogen and oxygen atoms in total. The first-order valence-corrected chi connectivity index (χ1v) is 6.39. The monoisotopic (exact) mass is 290 g/mol. The van der Waals surface area contributed by atoms with E-state index in [0.29, 0.717) is 12.1 Å². The standard InChI is InChI=1S/C14H15FN4O2/c1-9-11(14(21)19-17-9)6-7-13(20)18-16-8-10-4-2-3-5-12(10)15/h2-5,8,11,17H,1,6-7H2,(H,18,20)(H,19,21). The first-order valence-electron chi connectivity index (χ1n) is 6.39. The summed E-state index contributed by atoms with van der Waals surface area (Å²) >= 11 is 0. The highest BCUT2D eigenvalue weighted by atomic mass is 19.1. The summed E-state index contributed by atoms with van der Waals surface area (Å²) < 4.78 is 13.3. The van der Waals surface area contributed by atoms with Crippen LogP contribution in [-0.2, 0) is 9.59 Å². The Labute approximate surface area is 121 Å². The number of hydrazine groups is 1. The Bertz CT molecular complexity index is 584. The van der Waals surface area contributed by atoms with Gasteiger partial charge in [0.2, 0.25) is 11.8 Å². The van der Waals surface area contributed by atoms with Crippen molar-refractivity contribution in [3.8, 4) is 0 Å². The lowest BCUT2D eigenvalue weighted by molar-refractivity contribution is -0.123. The number of halogens is 1. The molecule has 2 amide bonds. The van der Waals surface area contributed by atoms with Gasteiger partial charge in [-0.15, -0.1) is 0 Å². The van der Waals surface area contributed by atoms with Crippen LogP contribution >= 0.6 is 0 Å². The molecule has 0 bridgehead atoms. The van der Waals surface area contributed by atoms with Crippen LogP contribution in [0.5, 0.6) is 0 Å². The molecule has 1 atom stereocenters. The molecule has 1 aliphatic rings. The van der Waals surface area contributed by atoms with Gasteiger partial charge in [0.25, 0.3) is 0 Å². The Morgan fingerprint density at radius 1 is 1.43 bits per heavy atom. The van der Waals surface area contributed by atoms with Crippen LogP contribution in [0.3, 0.4) is 0 Å². The number of hydrogen-bond acceptors (Lipinski definition) is 4. The summed E-state index contributed by atoms with van der Waals surface area (Å²) in [5, 5.41) is 3.68. The van der Waals surface area contributed by atoms with Crippen molar-refractivity contribution in [2.75, 3.05) is 0 Å². The lowest BCUT2D eigenvalue weighted by atomic mass is 10.0. The van der Waals surface area contributed by atoms with Gasteiger partial charge in [-0.2, -0.15) is 5.10 Å². The fraction of sp³-hybridized carbons (Fsp3) is 0.214. The van der Waals surface area contributed by atoms with E-state index >= 15 is 0 Å². The number of hydrogen-bond donors (Lipinski definition) is 3. The molecular formula is C14H15FN4O2. The van der Waals surface area contributed by atoms with Gasteiger partial charge < -0.3 is 5.43 Å². The second-order valence-electron chi connectivity index (χ2n) is 4.55. The quantitative estimate of drug-likeness (QED) is 0.554. The van der Waals surface area contributed by atoms with Gasteiger partial charge in [0, 0.05) is 17.7 Å². The van der Waals surface area contributed by atoms with Crippen LogP contribution in [0.4, 0.5) is 4.39 Å². The zero-order valence-electron chi connectivity index (χ0n) is 11.2. The number of amides is 2. The maximum Gasteiger partial charge on any atom is 0.247 e. The maximum absolute atomic E-state index is 13.3. The first kappa shape index (κ1) is 14.7. The fourth-order valence-electron chi connectivity index (χ4n) is 1.86. The average Bonchev–Trinajstić information content (AvgIpc) is 2.78. The molecule has 0 saturated carbocycles. The Morgan fingerprint density at radius 3 is 2.86 bits per heavy atom. The number of rotatable bonds is 5. The molecule has 1 unspecified atom stereocenters. The van der Waals surface area contributed by atoms with Gasteiger partial charge in [-0.25, -0.2) is 9.82 Å². The molecule has 1 aliphatic heterocycles. The highest BCUT2D eigenvalue weighted by molar-refractivity contribution is 5.85. The largest absolute Gasteiger partial charge is 0.303 e. The summed E-state index contributed by atoms with van der Waals surface area (Å²) in [5.74, 6) is -1.40. The third kappa shape index (κ3) is 3.88. The topological polar surface area (TPSA) is 82.6 Å². The van der Waals surface area contributed by atoms with Crippen LogP contribution < -0.4 is 16.3 Å². The van der Waals surface area contributed by atoms with Gasteiger partial charge in [-0.05, 0) is 12.5 Å². The summed E-state index contributed by atoms with van der Waals surface area (Å²) in [6.45, 7) is 3.68. The van der Waals surface area contributed by atoms with E-state index in [1.165, 1.54) is 12.3 Å². The zero-order chi connectivity index (χ0) is 15.2. The molecule has 0 spiro atoms. The lowest BCUT2D eigenvalue weighted by Gasteiger charge is -2.05. The highest BCUT2D eigenvalue weighted by Gasteiger charge is 2.27. The minimum Gasteiger partial charge on any atom is -0.303 e. The van der Waals surface area contributed by atoms with Crippen LogP contribution in [0.25, 0.3) is 0 Å². The fourth-order valence-corrected chi connectivity index (χ4v) is 1.86. The van der Waals surface area contributed by atoms with Crippen LogP contribution in [0.1, 0.15) is 18.4 Å². The van der Waals surface area contributed by atoms with Crippen LogP contribution in [0.15, 0.2) is 41.6 Å². The van der Waals surface area contributed by atoms with Crippen molar-refractivity contribution < 1.29 is 14.0 Å². The summed E-state index contributed by atoms with van der Waals surface area (Å²) in [7, 11) is 0. The molecule has 7 heteroatoms. The molecule has 1 heterocycles. The van der Waals surface area contributed by atoms with Crippen molar-refractivity contribution >= 4 is 18.0 Å². The van der Waals surface area contributed by atoms with Gasteiger partial charge in [0.1, 0.15) is 5.82 Å². The minimum absolute atomic E-state index is 0.118. The van der Waals surface area contributed by atoms with Gasteiger partial charge >= 0.3 is 0 Å². The number of benzene rings is 1. The second-order valence-corrected chi connectivity index (χ2v) is 4.55. The molecule has 0 aromatic heterocycles. The summed E-state index contributed by atoms with van der Waals surface area (Å²) in [6.07, 6.45) is 1.68. The molecule has 1 fully saturated rings. The van der Waals surface area contributed by atoms with Crippen LogP contribution in [-0.4, -0.2) is 18.0 Å². The number of carbonyl (C=O) groups is 2. The Morgan fingerprint density at radius 2 is 2.19 bits per heavy atom. The molecule has 2 rings (SSSR count). The molecule has 3 N–H and O–H groups in total. The summed E-state index contributed by atoms with van der Waals surface area (Å²) in [6, 6.07) is 6.09. The van der Waals surface area contributed by atoms with Crippen LogP contribution in [0, 0.1) is 11.7 Å². The lowest BCUT2D eigenvalue weighted by Crippen LogP contribution is -2.26. The summed E-state index contributed by atoms with van der Waals surface area (Å²) in [4.78, 5) is 23.0. The normalized spacial score (nSPS) is 17.7. The van der Waals surface area contributed by atoms with E-state index in [9.17, 15) is 14.0 Å². The van der Waals surface area contributed by atoms with Gasteiger partial charge in [0.05, 0.1) is 12.1 Å². The van der Waals surface area contributed by atoms with Gasteiger partial charge in [-0.3, -0.25) is 15.0 Å². The van der Waals surface area contributed by atoms with Crippen molar-refractivity contribution in [2.45, 2.75) is 12.8 Å².